The van der Waals surface area contributed by atoms with Crippen LogP contribution < -0.4 is 10.5 Å². The number of hydrogen-bond donors (Lipinski definition) is 2. The molecule has 1 aromatic carbocycles. The van der Waals surface area contributed by atoms with E-state index in [1.54, 1.807) is 0 Å². The van der Waals surface area contributed by atoms with Crippen LogP contribution >= 0.6 is 0 Å². The molecule has 12 heteroatoms. The van der Waals surface area contributed by atoms with E-state index in [0.717, 1.165) is 23.3 Å². The van der Waals surface area contributed by atoms with Gasteiger partial charge in [-0.3, -0.25) is 0 Å². The van der Waals surface area contributed by atoms with E-state index in [1.807, 2.05) is 24.5 Å². The van der Waals surface area contributed by atoms with Gasteiger partial charge in [-0.1, -0.05) is 0 Å². The smallest absolute Gasteiger partial charge is 0.240 e. The first-order chi connectivity index (χ1) is 15.5. The van der Waals surface area contributed by atoms with Crippen LogP contribution in [-0.2, 0) is 37.7 Å². The molecule has 0 fully saturated rings. The molecule has 3 rings (SSSR count). The highest BCUT2D eigenvalue weighted by atomic mass is 32.2. The minimum absolute atomic E-state index is 0.0213. The Morgan fingerprint density at radius 3 is 2.36 bits per heavy atom. The number of nitrogens with zero attached hydrogens (tertiary/aromatic N) is 3. The number of imidazole rings is 1. The summed E-state index contributed by atoms with van der Waals surface area (Å²) in [7, 11) is -7.12. The summed E-state index contributed by atoms with van der Waals surface area (Å²) in [6, 6.07) is 7.08. The first-order valence-corrected chi connectivity index (χ1v) is 13.9. The molecule has 3 N–H and O–H groups in total. The van der Waals surface area contributed by atoms with Crippen LogP contribution in [0.3, 0.4) is 0 Å². The second kappa shape index (κ2) is 10.2. The van der Waals surface area contributed by atoms with Crippen LogP contribution in [0.2, 0.25) is 0 Å². The zero-order chi connectivity index (χ0) is 24.2. The fourth-order valence-corrected chi connectivity index (χ4v) is 5.13. The van der Waals surface area contributed by atoms with Crippen LogP contribution in [-0.4, -0.2) is 50.8 Å². The lowest BCUT2D eigenvalue weighted by Crippen LogP contribution is -2.25. The van der Waals surface area contributed by atoms with Crippen LogP contribution in [0.4, 0.5) is 5.82 Å². The topological polar surface area (TPSA) is 146 Å². The lowest BCUT2D eigenvalue weighted by atomic mass is 10.3. The van der Waals surface area contributed by atoms with Gasteiger partial charge in [0.2, 0.25) is 10.0 Å². The quantitative estimate of drug-likeness (QED) is 0.384. The number of ether oxygens (including phenoxy) is 1. The molecule has 0 aliphatic carbocycles. The Morgan fingerprint density at radius 1 is 1.06 bits per heavy atom. The predicted molar refractivity (Wildman–Crippen MR) is 126 cm³/mol. The number of hydrogen-bond acceptors (Lipinski definition) is 8. The maximum atomic E-state index is 12.5. The van der Waals surface area contributed by atoms with Gasteiger partial charge in [-0.05, 0) is 57.0 Å². The largest absolute Gasteiger partial charge is 0.382 e. The summed E-state index contributed by atoms with van der Waals surface area (Å²) < 4.78 is 58.2. The van der Waals surface area contributed by atoms with E-state index in [1.165, 1.54) is 24.3 Å². The van der Waals surface area contributed by atoms with E-state index >= 15 is 0 Å². The lowest BCUT2D eigenvalue weighted by Gasteiger charge is -2.11. The summed E-state index contributed by atoms with van der Waals surface area (Å²) in [4.78, 5) is 8.95. The molecular weight excluding hydrogens is 466 g/mol. The van der Waals surface area contributed by atoms with E-state index in [2.05, 4.69) is 14.7 Å². The molecule has 180 valence electrons. The Hall–Kier alpha value is -2.54. The average molecular weight is 496 g/mol. The van der Waals surface area contributed by atoms with Gasteiger partial charge >= 0.3 is 0 Å². The number of unbranched alkanes of at least 4 members (excludes halogenated alkanes) is 1. The second-order valence-corrected chi connectivity index (χ2v) is 11.5. The summed E-state index contributed by atoms with van der Waals surface area (Å²) in [5, 5.41) is 0. The molecule has 33 heavy (non-hydrogen) atoms. The first kappa shape index (κ1) is 25.1. The highest BCUT2D eigenvalue weighted by Gasteiger charge is 2.16. The molecule has 2 aromatic heterocycles. The van der Waals surface area contributed by atoms with Gasteiger partial charge in [0.1, 0.15) is 17.9 Å². The molecule has 0 radical (unpaired) electrons. The maximum Gasteiger partial charge on any atom is 0.240 e. The van der Waals surface area contributed by atoms with Gasteiger partial charge in [0.05, 0.1) is 15.3 Å². The Labute approximate surface area is 194 Å². The van der Waals surface area contributed by atoms with Crippen molar-refractivity contribution in [1.29, 1.82) is 0 Å². The summed E-state index contributed by atoms with van der Waals surface area (Å²) >= 11 is 0. The molecule has 0 saturated heterocycles. The number of rotatable bonds is 11. The monoisotopic (exact) mass is 495 g/mol. The molecule has 2 heterocycles. The van der Waals surface area contributed by atoms with Gasteiger partial charge in [0.15, 0.2) is 15.7 Å². The summed E-state index contributed by atoms with van der Waals surface area (Å²) in [5.74, 6) is 1.12. The van der Waals surface area contributed by atoms with E-state index in [4.69, 9.17) is 10.5 Å². The second-order valence-electron chi connectivity index (χ2n) is 7.68. The number of benzene rings is 1. The van der Waals surface area contributed by atoms with Crippen molar-refractivity contribution in [3.8, 4) is 0 Å². The van der Waals surface area contributed by atoms with Gasteiger partial charge in [-0.15, -0.1) is 0 Å². The van der Waals surface area contributed by atoms with Gasteiger partial charge in [0, 0.05) is 31.6 Å². The van der Waals surface area contributed by atoms with Crippen molar-refractivity contribution in [3.05, 3.63) is 41.9 Å². The van der Waals surface area contributed by atoms with Crippen molar-refractivity contribution in [2.24, 2.45) is 0 Å². The predicted octanol–water partition coefficient (Wildman–Crippen LogP) is 2.02. The number of nitrogen functional groups attached to an aromatic ring is 1. The van der Waals surface area contributed by atoms with Crippen LogP contribution in [0.15, 0.2) is 40.1 Å². The van der Waals surface area contributed by atoms with Crippen LogP contribution in [0.1, 0.15) is 31.3 Å². The molecule has 0 unspecified atom stereocenters. The minimum Gasteiger partial charge on any atom is -0.382 e. The molecule has 0 amide bonds. The van der Waals surface area contributed by atoms with Crippen molar-refractivity contribution >= 4 is 36.7 Å². The van der Waals surface area contributed by atoms with Crippen LogP contribution in [0, 0.1) is 6.92 Å². The molecule has 0 atom stereocenters. The van der Waals surface area contributed by atoms with E-state index in [9.17, 15) is 16.8 Å². The number of anilines is 1. The van der Waals surface area contributed by atoms with E-state index < -0.39 is 19.9 Å². The number of pyridine rings is 1. The SMILES string of the molecule is CCOCc1nc2c(N)nc(C)cc2n1CCCCNS(=O)(=O)c1ccc(S(C)(=O)=O)cc1. The number of nitrogens with one attached hydrogen (secondary N) is 1. The Morgan fingerprint density at radius 2 is 1.73 bits per heavy atom. The van der Waals surface area contributed by atoms with Gasteiger partial charge < -0.3 is 15.0 Å². The molecular formula is C21H29N5O5S2. The number of sulfonamides is 1. The fourth-order valence-electron chi connectivity index (χ4n) is 3.43. The normalized spacial score (nSPS) is 12.5. The summed E-state index contributed by atoms with van der Waals surface area (Å²) in [6.45, 7) is 5.54. The third kappa shape index (κ3) is 6.08. The third-order valence-corrected chi connectivity index (χ3v) is 7.67. The Kier molecular flexibility index (Phi) is 7.73. The van der Waals surface area contributed by atoms with Crippen molar-refractivity contribution in [2.75, 3.05) is 25.1 Å². The van der Waals surface area contributed by atoms with Crippen LogP contribution in [0.5, 0.6) is 0 Å². The minimum atomic E-state index is -3.73. The molecule has 10 nitrogen and oxygen atoms in total. The maximum absolute atomic E-state index is 12.5. The molecule has 0 bridgehead atoms. The standard InChI is InChI=1S/C21H29N5O5S2/c1-4-31-14-19-25-20-18(13-15(2)24-21(20)22)26(19)12-6-5-11-23-33(29,30)17-9-7-16(8-10-17)32(3,27)28/h7-10,13,23H,4-6,11-12,14H2,1-3H3,(H2,22,24). The summed E-state index contributed by atoms with van der Waals surface area (Å²) in [6.07, 6.45) is 2.36. The molecule has 0 saturated carbocycles. The number of aromatic nitrogens is 3. The fraction of sp³-hybridized carbons (Fsp3) is 0.429. The highest BCUT2D eigenvalue weighted by molar-refractivity contribution is 7.90. The van der Waals surface area contributed by atoms with Crippen molar-refractivity contribution < 1.29 is 21.6 Å². The Balaban J connectivity index is 1.63. The highest BCUT2D eigenvalue weighted by Crippen LogP contribution is 2.23. The Bertz CT molecular complexity index is 1330. The van der Waals surface area contributed by atoms with Gasteiger partial charge in [-0.2, -0.15) is 0 Å². The number of aryl methyl sites for hydroxylation is 2. The number of sulfone groups is 1. The number of nitrogens with two attached hydrogens (primary N) is 1. The third-order valence-electron chi connectivity index (χ3n) is 5.07. The molecule has 0 aliphatic rings. The molecule has 0 spiro atoms. The van der Waals surface area contributed by atoms with Crippen LogP contribution in [0.25, 0.3) is 11.0 Å². The van der Waals surface area contributed by atoms with Crippen molar-refractivity contribution in [3.63, 3.8) is 0 Å². The van der Waals surface area contributed by atoms with Crippen molar-refractivity contribution in [2.45, 2.75) is 49.6 Å². The summed E-state index contributed by atoms with van der Waals surface area (Å²) in [5.41, 5.74) is 8.34. The molecule has 0 aliphatic heterocycles. The molecule has 3 aromatic rings. The zero-order valence-electron chi connectivity index (χ0n) is 18.9. The van der Waals surface area contributed by atoms with E-state index in [-0.39, 0.29) is 16.3 Å². The van der Waals surface area contributed by atoms with Crippen molar-refractivity contribution in [1.82, 2.24) is 19.3 Å². The van der Waals surface area contributed by atoms with Gasteiger partial charge in [0.25, 0.3) is 0 Å². The van der Waals surface area contributed by atoms with E-state index in [0.29, 0.717) is 43.9 Å². The zero-order valence-corrected chi connectivity index (χ0v) is 20.5. The lowest BCUT2D eigenvalue weighted by molar-refractivity contribution is 0.126. The first-order valence-electron chi connectivity index (χ1n) is 10.5. The van der Waals surface area contributed by atoms with Gasteiger partial charge in [-0.25, -0.2) is 31.5 Å². The average Bonchev–Trinajstić information content (AvgIpc) is 3.09. The number of fused-ring (bicyclic) bond motifs is 1.